The quantitative estimate of drug-likeness (QED) is 0.802. The maximum Gasteiger partial charge on any atom is 0.286 e. The van der Waals surface area contributed by atoms with Gasteiger partial charge in [0.05, 0.1) is 0 Å². The number of benzene rings is 1. The molecule has 90 valence electrons. The average Bonchev–Trinajstić information content (AvgIpc) is 2.78. The SMILES string of the molecule is CC(C)NCOc1ccc(-c2ccccc2)o1. The highest BCUT2D eigenvalue weighted by Crippen LogP contribution is 2.25. The molecule has 0 saturated heterocycles. The first-order valence-corrected chi connectivity index (χ1v) is 5.77. The lowest BCUT2D eigenvalue weighted by Gasteiger charge is -2.07. The first kappa shape index (κ1) is 11.7. The molecular formula is C14H17NO2. The fraction of sp³-hybridized carbons (Fsp3) is 0.286. The third-order valence-electron chi connectivity index (χ3n) is 2.35. The lowest BCUT2D eigenvalue weighted by molar-refractivity contribution is 0.215. The summed E-state index contributed by atoms with van der Waals surface area (Å²) in [6.07, 6.45) is 0. The second-order valence-corrected chi connectivity index (χ2v) is 4.13. The van der Waals surface area contributed by atoms with E-state index in [1.165, 1.54) is 0 Å². The monoisotopic (exact) mass is 231 g/mol. The van der Waals surface area contributed by atoms with Crippen LogP contribution in [0.3, 0.4) is 0 Å². The van der Waals surface area contributed by atoms with E-state index in [0.717, 1.165) is 11.3 Å². The molecule has 0 bridgehead atoms. The van der Waals surface area contributed by atoms with Crippen LogP contribution in [-0.4, -0.2) is 12.8 Å². The fourth-order valence-corrected chi connectivity index (χ4v) is 1.43. The zero-order chi connectivity index (χ0) is 12.1. The summed E-state index contributed by atoms with van der Waals surface area (Å²) in [4.78, 5) is 0. The molecule has 0 atom stereocenters. The van der Waals surface area contributed by atoms with Crippen molar-refractivity contribution in [2.75, 3.05) is 6.73 Å². The Hall–Kier alpha value is -1.74. The molecule has 3 nitrogen and oxygen atoms in total. The normalized spacial score (nSPS) is 10.8. The van der Waals surface area contributed by atoms with E-state index >= 15 is 0 Å². The van der Waals surface area contributed by atoms with Gasteiger partial charge in [0, 0.05) is 17.7 Å². The lowest BCUT2D eigenvalue weighted by Crippen LogP contribution is -2.26. The Kier molecular flexibility index (Phi) is 3.83. The van der Waals surface area contributed by atoms with Crippen LogP contribution in [-0.2, 0) is 0 Å². The summed E-state index contributed by atoms with van der Waals surface area (Å²) in [6, 6.07) is 14.1. The van der Waals surface area contributed by atoms with Crippen molar-refractivity contribution in [3.8, 4) is 17.3 Å². The molecule has 2 aromatic rings. The van der Waals surface area contributed by atoms with Crippen LogP contribution < -0.4 is 10.1 Å². The molecule has 0 aliphatic heterocycles. The average molecular weight is 231 g/mol. The summed E-state index contributed by atoms with van der Waals surface area (Å²) in [6.45, 7) is 4.60. The third-order valence-corrected chi connectivity index (χ3v) is 2.35. The minimum atomic E-state index is 0.401. The van der Waals surface area contributed by atoms with Crippen LogP contribution in [0, 0.1) is 0 Å². The Morgan fingerprint density at radius 2 is 1.88 bits per heavy atom. The number of rotatable bonds is 5. The van der Waals surface area contributed by atoms with Crippen LogP contribution in [0.15, 0.2) is 46.9 Å². The molecule has 0 aliphatic rings. The zero-order valence-corrected chi connectivity index (χ0v) is 10.1. The van der Waals surface area contributed by atoms with Crippen molar-refractivity contribution in [1.82, 2.24) is 5.32 Å². The van der Waals surface area contributed by atoms with E-state index < -0.39 is 0 Å². The summed E-state index contributed by atoms with van der Waals surface area (Å²) >= 11 is 0. The Labute approximate surface area is 101 Å². The molecule has 0 aliphatic carbocycles. The second kappa shape index (κ2) is 5.55. The van der Waals surface area contributed by atoms with E-state index in [2.05, 4.69) is 19.2 Å². The van der Waals surface area contributed by atoms with E-state index in [1.807, 2.05) is 42.5 Å². The minimum absolute atomic E-state index is 0.401. The number of ether oxygens (including phenoxy) is 1. The first-order valence-electron chi connectivity index (χ1n) is 5.77. The Morgan fingerprint density at radius 3 is 2.59 bits per heavy atom. The highest BCUT2D eigenvalue weighted by Gasteiger charge is 2.04. The number of hydrogen-bond donors (Lipinski definition) is 1. The van der Waals surface area contributed by atoms with Crippen molar-refractivity contribution in [1.29, 1.82) is 0 Å². The molecule has 0 amide bonds. The van der Waals surface area contributed by atoms with Gasteiger partial charge in [-0.25, -0.2) is 0 Å². The Bertz CT molecular complexity index is 448. The van der Waals surface area contributed by atoms with Gasteiger partial charge in [0.2, 0.25) is 0 Å². The van der Waals surface area contributed by atoms with Crippen molar-refractivity contribution in [2.24, 2.45) is 0 Å². The molecule has 3 heteroatoms. The van der Waals surface area contributed by atoms with Crippen LogP contribution in [0.25, 0.3) is 11.3 Å². The lowest BCUT2D eigenvalue weighted by atomic mass is 10.2. The highest BCUT2D eigenvalue weighted by atomic mass is 16.6. The van der Waals surface area contributed by atoms with Crippen molar-refractivity contribution in [2.45, 2.75) is 19.9 Å². The van der Waals surface area contributed by atoms with Gasteiger partial charge < -0.3 is 9.15 Å². The van der Waals surface area contributed by atoms with Gasteiger partial charge in [-0.1, -0.05) is 30.3 Å². The van der Waals surface area contributed by atoms with E-state index in [-0.39, 0.29) is 0 Å². The predicted molar refractivity (Wildman–Crippen MR) is 67.9 cm³/mol. The molecular weight excluding hydrogens is 214 g/mol. The van der Waals surface area contributed by atoms with Gasteiger partial charge in [-0.2, -0.15) is 0 Å². The number of furan rings is 1. The molecule has 0 unspecified atom stereocenters. The zero-order valence-electron chi connectivity index (χ0n) is 10.1. The number of hydrogen-bond acceptors (Lipinski definition) is 3. The molecule has 1 aromatic carbocycles. The maximum atomic E-state index is 5.59. The first-order chi connectivity index (χ1) is 8.25. The van der Waals surface area contributed by atoms with Gasteiger partial charge in [0.1, 0.15) is 12.5 Å². The highest BCUT2D eigenvalue weighted by molar-refractivity contribution is 5.57. The van der Waals surface area contributed by atoms with Gasteiger partial charge >= 0.3 is 0 Å². The molecule has 0 saturated carbocycles. The summed E-state index contributed by atoms with van der Waals surface area (Å²) in [5.41, 5.74) is 1.05. The molecule has 0 fully saturated rings. The van der Waals surface area contributed by atoms with Crippen molar-refractivity contribution in [3.05, 3.63) is 42.5 Å². The van der Waals surface area contributed by atoms with Crippen LogP contribution >= 0.6 is 0 Å². The summed E-state index contributed by atoms with van der Waals surface area (Å²) in [5.74, 6) is 1.36. The summed E-state index contributed by atoms with van der Waals surface area (Å²) in [5, 5.41) is 3.16. The standard InChI is InChI=1S/C14H17NO2/c1-11(2)15-10-16-14-9-8-13(17-14)12-6-4-3-5-7-12/h3-9,11,15H,10H2,1-2H3. The van der Waals surface area contributed by atoms with Crippen molar-refractivity contribution >= 4 is 0 Å². The largest absolute Gasteiger partial charge is 0.449 e. The molecule has 2 rings (SSSR count). The van der Waals surface area contributed by atoms with Gasteiger partial charge in [-0.3, -0.25) is 5.32 Å². The van der Waals surface area contributed by atoms with Crippen molar-refractivity contribution in [3.63, 3.8) is 0 Å². The predicted octanol–water partition coefficient (Wildman–Crippen LogP) is 3.28. The molecule has 1 heterocycles. The minimum Gasteiger partial charge on any atom is -0.449 e. The van der Waals surface area contributed by atoms with Gasteiger partial charge in [0.25, 0.3) is 5.95 Å². The van der Waals surface area contributed by atoms with E-state index in [9.17, 15) is 0 Å². The molecule has 0 radical (unpaired) electrons. The van der Waals surface area contributed by atoms with Gasteiger partial charge in [0.15, 0.2) is 0 Å². The second-order valence-electron chi connectivity index (χ2n) is 4.13. The van der Waals surface area contributed by atoms with E-state index in [1.54, 1.807) is 0 Å². The fourth-order valence-electron chi connectivity index (χ4n) is 1.43. The smallest absolute Gasteiger partial charge is 0.286 e. The van der Waals surface area contributed by atoms with Crippen LogP contribution in [0.1, 0.15) is 13.8 Å². The van der Waals surface area contributed by atoms with Crippen LogP contribution in [0.5, 0.6) is 5.95 Å². The molecule has 0 spiro atoms. The van der Waals surface area contributed by atoms with E-state index in [0.29, 0.717) is 18.7 Å². The summed E-state index contributed by atoms with van der Waals surface area (Å²) in [7, 11) is 0. The third kappa shape index (κ3) is 3.36. The molecule has 1 aromatic heterocycles. The summed E-state index contributed by atoms with van der Waals surface area (Å²) < 4.78 is 11.0. The molecule has 17 heavy (non-hydrogen) atoms. The molecule has 1 N–H and O–H groups in total. The van der Waals surface area contributed by atoms with Gasteiger partial charge in [-0.15, -0.1) is 0 Å². The Balaban J connectivity index is 1.97. The van der Waals surface area contributed by atoms with Crippen LogP contribution in [0.4, 0.5) is 0 Å². The van der Waals surface area contributed by atoms with Crippen LogP contribution in [0.2, 0.25) is 0 Å². The maximum absolute atomic E-state index is 5.59. The number of nitrogens with one attached hydrogen (secondary N) is 1. The Morgan fingerprint density at radius 1 is 1.12 bits per heavy atom. The van der Waals surface area contributed by atoms with E-state index in [4.69, 9.17) is 9.15 Å². The van der Waals surface area contributed by atoms with Gasteiger partial charge in [-0.05, 0) is 19.9 Å². The van der Waals surface area contributed by atoms with Crippen molar-refractivity contribution < 1.29 is 9.15 Å². The topological polar surface area (TPSA) is 34.4 Å².